The quantitative estimate of drug-likeness (QED) is 0.0785. The van der Waals surface area contributed by atoms with Crippen LogP contribution in [0.3, 0.4) is 0 Å². The summed E-state index contributed by atoms with van der Waals surface area (Å²) in [5.41, 5.74) is 5.63. The third-order valence-electron chi connectivity index (χ3n) is 13.3. The number of aliphatic hydroxyl groups is 1. The number of fused-ring (bicyclic) bond motifs is 3. The molecule has 5 atom stereocenters. The number of ether oxygens (including phenoxy) is 2. The number of allylic oxidation sites excluding steroid dienone is 3. The Labute approximate surface area is 364 Å². The Morgan fingerprint density at radius 1 is 0.984 bits per heavy atom. The van der Waals surface area contributed by atoms with Gasteiger partial charge in [-0.25, -0.2) is 4.68 Å². The van der Waals surface area contributed by atoms with Crippen molar-refractivity contribution >= 4 is 35.8 Å². The fourth-order valence-electron chi connectivity index (χ4n) is 9.97. The van der Waals surface area contributed by atoms with Gasteiger partial charge in [0.2, 0.25) is 0 Å². The molecule has 2 aliphatic heterocycles. The maximum Gasteiger partial charge on any atom is 0.279 e. The van der Waals surface area contributed by atoms with Crippen molar-refractivity contribution in [1.29, 1.82) is 0 Å². The number of aliphatic hydroxyl groups excluding tert-OH is 1. The van der Waals surface area contributed by atoms with Gasteiger partial charge in [0, 0.05) is 30.8 Å². The predicted molar refractivity (Wildman–Crippen MR) is 248 cm³/mol. The second kappa shape index (κ2) is 17.5. The molecule has 2 aliphatic rings. The minimum Gasteiger partial charge on any atom is -0.497 e. The zero-order valence-corrected chi connectivity index (χ0v) is 37.8. The van der Waals surface area contributed by atoms with Crippen molar-refractivity contribution in [2.45, 2.75) is 89.8 Å². The molecule has 6 aromatic rings. The lowest BCUT2D eigenvalue weighted by Gasteiger charge is -2.37. The number of carbonyl (C=O) groups excluding carboxylic acids is 1. The molecule has 8 rings (SSSR count). The fourth-order valence-corrected chi connectivity index (χ4v) is 14.0. The summed E-state index contributed by atoms with van der Waals surface area (Å²) in [4.78, 5) is 31.3. The Hall–Kier alpha value is -5.82. The monoisotopic (exact) mass is 850 g/mol. The topological polar surface area (TPSA) is 127 Å². The van der Waals surface area contributed by atoms with Crippen LogP contribution in [0.2, 0.25) is 18.6 Å². The Morgan fingerprint density at radius 2 is 1.73 bits per heavy atom. The number of anilines is 1. The number of aromatic amines is 1. The van der Waals surface area contributed by atoms with Gasteiger partial charge in [0.25, 0.3) is 11.5 Å². The first-order valence-electron chi connectivity index (χ1n) is 21.7. The van der Waals surface area contributed by atoms with E-state index in [4.69, 9.17) is 9.47 Å². The van der Waals surface area contributed by atoms with E-state index in [1.54, 1.807) is 11.8 Å². The molecule has 2 N–H and O–H groups in total. The normalized spacial score (nSPS) is 20.6. The molecular weight excluding hydrogens is 793 g/mol. The van der Waals surface area contributed by atoms with E-state index in [9.17, 15) is 9.90 Å². The van der Waals surface area contributed by atoms with Crippen molar-refractivity contribution in [1.82, 2.24) is 24.8 Å². The van der Waals surface area contributed by atoms with E-state index in [1.165, 1.54) is 16.3 Å². The third kappa shape index (κ3) is 7.80. The third-order valence-corrected chi connectivity index (χ3v) is 17.7. The zero-order valence-electron chi connectivity index (χ0n) is 36.8. The van der Waals surface area contributed by atoms with Crippen molar-refractivity contribution in [3.05, 3.63) is 154 Å². The standard InChI is InChI=1S/C50H58N6O5Si/c1-33(2)14-13-15-34(3)26-29-55-45-25-20-37(56-48(58)40-18-11-12-19-43(40)52-56)30-42(45)50(49(55)59)35(4)47(62(6,7)39-23-21-38(60-5)22-24-39)46(61-50)27-28-54-31-44(51-53-54)41(32-57)36-16-9-8-10-17-36/h8-12,14,16-26,30-31,35,41,46-47,52,57H,13,15,27-29,32H2,1-7H3/b34-26+/t35-,41?,46+,47-,50+/m1/s1. The van der Waals surface area contributed by atoms with Crippen molar-refractivity contribution < 1.29 is 19.4 Å². The van der Waals surface area contributed by atoms with E-state index in [0.29, 0.717) is 36.3 Å². The maximum absolute atomic E-state index is 15.6. The summed E-state index contributed by atoms with van der Waals surface area (Å²) in [5, 5.41) is 24.6. The average molecular weight is 851 g/mol. The number of carbonyl (C=O) groups is 1. The largest absolute Gasteiger partial charge is 0.497 e. The summed E-state index contributed by atoms with van der Waals surface area (Å²) in [6, 6.07) is 31.6. The van der Waals surface area contributed by atoms with E-state index in [2.05, 4.69) is 80.5 Å². The highest BCUT2D eigenvalue weighted by atomic mass is 28.3. The van der Waals surface area contributed by atoms with Crippen LogP contribution in [0.1, 0.15) is 69.7 Å². The number of para-hydroxylation sites is 1. The number of methoxy groups -OCH3 is 1. The average Bonchev–Trinajstić information content (AvgIpc) is 4.02. The molecule has 11 nitrogen and oxygen atoms in total. The van der Waals surface area contributed by atoms with Crippen molar-refractivity contribution in [2.75, 3.05) is 25.2 Å². The van der Waals surface area contributed by atoms with Gasteiger partial charge in [0.1, 0.15) is 5.75 Å². The number of nitrogens with zero attached hydrogens (tertiary/aromatic N) is 5. The van der Waals surface area contributed by atoms with Gasteiger partial charge in [-0.1, -0.05) is 108 Å². The summed E-state index contributed by atoms with van der Waals surface area (Å²) >= 11 is 0. The molecule has 1 saturated heterocycles. The predicted octanol–water partition coefficient (Wildman–Crippen LogP) is 8.39. The van der Waals surface area contributed by atoms with Crippen LogP contribution in [0.4, 0.5) is 5.69 Å². The molecule has 0 radical (unpaired) electrons. The number of aryl methyl sites for hydroxylation is 1. The SMILES string of the molecule is COc1ccc([Si](C)(C)[C@H]2[C@H](CCn3cc(C(CO)c4ccccc4)nn3)O[C@@]3(C(=O)N(C/C=C(\C)CCC=C(C)C)c4ccc(-n5[nH]c6ccccc6c5=O)cc43)[C@@H]2C)cc1. The maximum atomic E-state index is 15.6. The number of rotatable bonds is 15. The Bertz CT molecular complexity index is 2680. The van der Waals surface area contributed by atoms with Crippen LogP contribution in [-0.4, -0.2) is 70.2 Å². The van der Waals surface area contributed by atoms with Gasteiger partial charge in [0.05, 0.1) is 61.8 Å². The number of amides is 1. The highest BCUT2D eigenvalue weighted by Crippen LogP contribution is 2.60. The second-order valence-electron chi connectivity index (χ2n) is 17.8. The lowest BCUT2D eigenvalue weighted by atomic mass is 9.82. The number of H-pyrrole nitrogens is 1. The highest BCUT2D eigenvalue weighted by molar-refractivity contribution is 6.91. The summed E-state index contributed by atoms with van der Waals surface area (Å²) in [5.74, 6) is 0.166. The first-order valence-corrected chi connectivity index (χ1v) is 24.8. The summed E-state index contributed by atoms with van der Waals surface area (Å²) < 4.78 is 16.5. The first kappa shape index (κ1) is 42.9. The van der Waals surface area contributed by atoms with Gasteiger partial charge in [-0.05, 0) is 93.6 Å². The summed E-state index contributed by atoms with van der Waals surface area (Å²) in [6.45, 7) is 14.1. The number of aromatic nitrogens is 5. The van der Waals surface area contributed by atoms with Gasteiger partial charge in [-0.15, -0.1) is 5.10 Å². The summed E-state index contributed by atoms with van der Waals surface area (Å²) in [6.07, 6.45) is 8.41. The lowest BCUT2D eigenvalue weighted by molar-refractivity contribution is -0.145. The van der Waals surface area contributed by atoms with Crippen LogP contribution in [0, 0.1) is 5.92 Å². The lowest BCUT2D eigenvalue weighted by Crippen LogP contribution is -2.52. The molecule has 1 amide bonds. The molecule has 0 aliphatic carbocycles. The molecule has 2 aromatic heterocycles. The molecule has 0 saturated carbocycles. The highest BCUT2D eigenvalue weighted by Gasteiger charge is 2.66. The number of hydrogen-bond acceptors (Lipinski definition) is 7. The van der Waals surface area contributed by atoms with Crippen molar-refractivity contribution in [3.8, 4) is 11.4 Å². The molecule has 4 aromatic carbocycles. The molecule has 1 unspecified atom stereocenters. The van der Waals surface area contributed by atoms with Gasteiger partial charge < -0.3 is 19.5 Å². The van der Waals surface area contributed by atoms with Crippen molar-refractivity contribution in [2.24, 2.45) is 5.92 Å². The van der Waals surface area contributed by atoms with Crippen LogP contribution >= 0.6 is 0 Å². The van der Waals surface area contributed by atoms with E-state index in [0.717, 1.165) is 40.9 Å². The molecule has 1 spiro atoms. The van der Waals surface area contributed by atoms with Crippen LogP contribution in [-0.2, 0) is 21.7 Å². The van der Waals surface area contributed by atoms with Crippen LogP contribution in [0.15, 0.2) is 131 Å². The first-order chi connectivity index (χ1) is 29.9. The smallest absolute Gasteiger partial charge is 0.279 e. The minimum atomic E-state index is -2.45. The number of hydrogen-bond donors (Lipinski definition) is 2. The number of benzene rings is 4. The molecule has 12 heteroatoms. The van der Waals surface area contributed by atoms with Crippen LogP contribution in [0.5, 0.6) is 5.75 Å². The van der Waals surface area contributed by atoms with Gasteiger partial charge >= 0.3 is 0 Å². The fraction of sp³-hybridized carbons (Fsp3) is 0.360. The summed E-state index contributed by atoms with van der Waals surface area (Å²) in [7, 11) is -0.777. The minimum absolute atomic E-state index is 0.00838. The van der Waals surface area contributed by atoms with Gasteiger partial charge in [-0.3, -0.25) is 19.4 Å². The molecule has 322 valence electrons. The number of nitrogens with one attached hydrogen (secondary N) is 1. The zero-order chi connectivity index (χ0) is 43.8. The molecule has 0 bridgehead atoms. The van der Waals surface area contributed by atoms with Crippen LogP contribution < -0.4 is 20.4 Å². The molecular formula is C50H58N6O5Si. The van der Waals surface area contributed by atoms with Crippen LogP contribution in [0.25, 0.3) is 16.6 Å². The Balaban J connectivity index is 1.21. The van der Waals surface area contributed by atoms with E-state index < -0.39 is 13.7 Å². The van der Waals surface area contributed by atoms with Crippen molar-refractivity contribution in [3.63, 3.8) is 0 Å². The van der Waals surface area contributed by atoms with E-state index in [-0.39, 0.29) is 41.6 Å². The van der Waals surface area contributed by atoms with Gasteiger partial charge in [0.15, 0.2) is 5.60 Å². The molecule has 1 fully saturated rings. The van der Waals surface area contributed by atoms with E-state index >= 15 is 4.79 Å². The second-order valence-corrected chi connectivity index (χ2v) is 22.5. The van der Waals surface area contributed by atoms with Gasteiger partial charge in [-0.2, -0.15) is 0 Å². The van der Waals surface area contributed by atoms with E-state index in [1.807, 2.05) is 101 Å². The molecule has 62 heavy (non-hydrogen) atoms. The Kier molecular flexibility index (Phi) is 12.1. The Morgan fingerprint density at radius 3 is 2.44 bits per heavy atom. The molecule has 4 heterocycles.